The Kier molecular flexibility index (Phi) is 7.52. The van der Waals surface area contributed by atoms with E-state index in [2.05, 4.69) is 30.0 Å². The van der Waals surface area contributed by atoms with Gasteiger partial charge in [0.15, 0.2) is 0 Å². The van der Waals surface area contributed by atoms with Gasteiger partial charge in [-0.1, -0.05) is 44.4 Å². The van der Waals surface area contributed by atoms with E-state index in [1.807, 2.05) is 26.0 Å². The Morgan fingerprint density at radius 3 is 2.60 bits per heavy atom. The Labute approximate surface area is 181 Å². The van der Waals surface area contributed by atoms with Gasteiger partial charge in [-0.25, -0.2) is 4.79 Å². The van der Waals surface area contributed by atoms with Crippen molar-refractivity contribution in [3.05, 3.63) is 47.1 Å². The first-order valence-electron chi connectivity index (χ1n) is 11.4. The van der Waals surface area contributed by atoms with E-state index in [0.29, 0.717) is 18.0 Å². The van der Waals surface area contributed by atoms with E-state index in [0.717, 1.165) is 35.4 Å². The van der Waals surface area contributed by atoms with Crippen LogP contribution < -0.4 is 4.90 Å². The standard InChI is InChI=1S/C26H35NO3/c1-5-27(22-12-7-6-8-13-22)24-17-21(16-23(19(24)3)26(29)30-4)20-11-9-10-18(2)25(28)15-14-20/h9,11,14,16-18,22H,5-8,10,12-13,15H2,1-4H3/b11-9?,20-14+. The number of carbonyl (C=O) groups is 2. The molecule has 4 nitrogen and oxygen atoms in total. The molecule has 1 aromatic carbocycles. The second-order valence-corrected chi connectivity index (χ2v) is 8.61. The van der Waals surface area contributed by atoms with Crippen LogP contribution in [0.2, 0.25) is 0 Å². The predicted octanol–water partition coefficient (Wildman–Crippen LogP) is 5.88. The number of Topliss-reactive ketones (excluding diaryl/α,β-unsaturated/α-hetero) is 1. The average Bonchev–Trinajstić information content (AvgIpc) is 2.76. The van der Waals surface area contributed by atoms with Crippen LogP contribution in [0, 0.1) is 12.8 Å². The van der Waals surface area contributed by atoms with E-state index in [9.17, 15) is 9.59 Å². The van der Waals surface area contributed by atoms with Gasteiger partial charge in [0.25, 0.3) is 0 Å². The van der Waals surface area contributed by atoms with E-state index in [4.69, 9.17) is 4.74 Å². The van der Waals surface area contributed by atoms with Crippen LogP contribution in [0.15, 0.2) is 30.4 Å². The zero-order valence-electron chi connectivity index (χ0n) is 18.9. The van der Waals surface area contributed by atoms with E-state index in [-0.39, 0.29) is 17.7 Å². The fraction of sp³-hybridized carbons (Fsp3) is 0.538. The molecule has 1 fully saturated rings. The van der Waals surface area contributed by atoms with Crippen LogP contribution in [-0.4, -0.2) is 31.4 Å². The van der Waals surface area contributed by atoms with Crippen molar-refractivity contribution in [3.63, 3.8) is 0 Å². The SMILES string of the molecule is CCN(c1cc(/C2=C/CC(=O)C(C)CC=C2)cc(C(=O)OC)c1C)C1CCCCC1. The average molecular weight is 410 g/mol. The lowest BCUT2D eigenvalue weighted by molar-refractivity contribution is -0.121. The second-order valence-electron chi connectivity index (χ2n) is 8.61. The van der Waals surface area contributed by atoms with Gasteiger partial charge in [-0.15, -0.1) is 0 Å². The van der Waals surface area contributed by atoms with Crippen LogP contribution in [0.3, 0.4) is 0 Å². The molecule has 1 saturated carbocycles. The van der Waals surface area contributed by atoms with E-state index >= 15 is 0 Å². The summed E-state index contributed by atoms with van der Waals surface area (Å²) in [6, 6.07) is 4.63. The van der Waals surface area contributed by atoms with Crippen molar-refractivity contribution in [2.24, 2.45) is 5.92 Å². The molecule has 0 saturated heterocycles. The van der Waals surface area contributed by atoms with Gasteiger partial charge in [0, 0.05) is 30.6 Å². The van der Waals surface area contributed by atoms with Crippen LogP contribution in [0.1, 0.15) is 80.3 Å². The van der Waals surface area contributed by atoms with E-state index in [1.165, 1.54) is 39.2 Å². The van der Waals surface area contributed by atoms with Crippen molar-refractivity contribution >= 4 is 23.0 Å². The summed E-state index contributed by atoms with van der Waals surface area (Å²) in [4.78, 5) is 27.3. The van der Waals surface area contributed by atoms with Gasteiger partial charge in [-0.3, -0.25) is 4.79 Å². The molecule has 162 valence electrons. The molecule has 0 aromatic heterocycles. The zero-order valence-corrected chi connectivity index (χ0v) is 18.9. The van der Waals surface area contributed by atoms with Crippen molar-refractivity contribution in [2.45, 2.75) is 71.8 Å². The molecule has 0 aliphatic heterocycles. The zero-order chi connectivity index (χ0) is 21.7. The lowest BCUT2D eigenvalue weighted by Gasteiger charge is -2.37. The van der Waals surface area contributed by atoms with Crippen molar-refractivity contribution in [1.82, 2.24) is 0 Å². The van der Waals surface area contributed by atoms with Crippen LogP contribution in [-0.2, 0) is 9.53 Å². The molecule has 1 aromatic rings. The summed E-state index contributed by atoms with van der Waals surface area (Å²) in [6.07, 6.45) is 13.6. The maximum Gasteiger partial charge on any atom is 0.338 e. The predicted molar refractivity (Wildman–Crippen MR) is 123 cm³/mol. The summed E-state index contributed by atoms with van der Waals surface area (Å²) < 4.78 is 5.10. The smallest absolute Gasteiger partial charge is 0.338 e. The molecule has 2 aliphatic rings. The minimum Gasteiger partial charge on any atom is -0.465 e. The summed E-state index contributed by atoms with van der Waals surface area (Å²) in [5.41, 5.74) is 4.66. The van der Waals surface area contributed by atoms with Crippen molar-refractivity contribution in [1.29, 1.82) is 0 Å². The minimum atomic E-state index is -0.310. The molecule has 0 amide bonds. The third kappa shape index (κ3) is 4.85. The number of hydrogen-bond acceptors (Lipinski definition) is 4. The Morgan fingerprint density at radius 1 is 1.20 bits per heavy atom. The fourth-order valence-electron chi connectivity index (χ4n) is 4.73. The molecule has 1 unspecified atom stereocenters. The number of anilines is 1. The van der Waals surface area contributed by atoms with Gasteiger partial charge in [-0.05, 0) is 61.9 Å². The highest BCUT2D eigenvalue weighted by molar-refractivity contribution is 5.95. The van der Waals surface area contributed by atoms with Crippen LogP contribution in [0.25, 0.3) is 5.57 Å². The Balaban J connectivity index is 2.08. The number of carbonyl (C=O) groups excluding carboxylic acids is 2. The number of esters is 1. The second kappa shape index (κ2) is 10.1. The molecular formula is C26H35NO3. The molecule has 0 radical (unpaired) electrons. The maximum atomic E-state index is 12.6. The number of allylic oxidation sites excluding steroid dienone is 4. The number of ketones is 1. The lowest BCUT2D eigenvalue weighted by atomic mass is 9.90. The monoisotopic (exact) mass is 409 g/mol. The Morgan fingerprint density at radius 2 is 1.93 bits per heavy atom. The quantitative estimate of drug-likeness (QED) is 0.570. The first-order chi connectivity index (χ1) is 14.5. The summed E-state index contributed by atoms with van der Waals surface area (Å²) in [7, 11) is 1.43. The molecule has 0 spiro atoms. The number of hydrogen-bond donors (Lipinski definition) is 0. The number of benzene rings is 1. The molecule has 0 heterocycles. The Hall–Kier alpha value is -2.36. The molecule has 1 atom stereocenters. The minimum absolute atomic E-state index is 0.0557. The third-order valence-corrected chi connectivity index (χ3v) is 6.64. The van der Waals surface area contributed by atoms with Crippen molar-refractivity contribution in [2.75, 3.05) is 18.6 Å². The largest absolute Gasteiger partial charge is 0.465 e. The van der Waals surface area contributed by atoms with Gasteiger partial charge in [0.2, 0.25) is 0 Å². The Bertz CT molecular complexity index is 846. The van der Waals surface area contributed by atoms with Crippen LogP contribution in [0.5, 0.6) is 0 Å². The summed E-state index contributed by atoms with van der Waals surface area (Å²) in [5, 5.41) is 0. The summed E-state index contributed by atoms with van der Waals surface area (Å²) >= 11 is 0. The summed E-state index contributed by atoms with van der Waals surface area (Å²) in [6.45, 7) is 7.09. The summed E-state index contributed by atoms with van der Waals surface area (Å²) in [5.74, 6) is 0.00494. The van der Waals surface area contributed by atoms with Gasteiger partial charge >= 0.3 is 5.97 Å². The van der Waals surface area contributed by atoms with Crippen LogP contribution >= 0.6 is 0 Å². The molecule has 0 N–H and O–H groups in total. The van der Waals surface area contributed by atoms with E-state index < -0.39 is 0 Å². The first-order valence-corrected chi connectivity index (χ1v) is 11.4. The number of ether oxygens (including phenoxy) is 1. The van der Waals surface area contributed by atoms with Gasteiger partial charge in [0.05, 0.1) is 12.7 Å². The van der Waals surface area contributed by atoms with E-state index in [1.54, 1.807) is 0 Å². The van der Waals surface area contributed by atoms with Gasteiger partial charge < -0.3 is 9.64 Å². The molecule has 3 rings (SSSR count). The molecule has 0 bridgehead atoms. The normalized spacial score (nSPS) is 22.1. The molecule has 2 aliphatic carbocycles. The maximum absolute atomic E-state index is 12.6. The highest BCUT2D eigenvalue weighted by atomic mass is 16.5. The molecular weight excluding hydrogens is 374 g/mol. The fourth-order valence-corrected chi connectivity index (χ4v) is 4.73. The first kappa shape index (κ1) is 22.3. The highest BCUT2D eigenvalue weighted by Crippen LogP contribution is 2.34. The highest BCUT2D eigenvalue weighted by Gasteiger charge is 2.25. The van der Waals surface area contributed by atoms with Crippen molar-refractivity contribution < 1.29 is 14.3 Å². The third-order valence-electron chi connectivity index (χ3n) is 6.64. The molecule has 30 heavy (non-hydrogen) atoms. The topological polar surface area (TPSA) is 46.6 Å². The van der Waals surface area contributed by atoms with Gasteiger partial charge in [0.1, 0.15) is 5.78 Å². The lowest BCUT2D eigenvalue weighted by Crippen LogP contribution is -2.37. The number of methoxy groups -OCH3 is 1. The number of nitrogens with zero attached hydrogens (tertiary/aromatic N) is 1. The van der Waals surface area contributed by atoms with Crippen LogP contribution in [0.4, 0.5) is 5.69 Å². The van der Waals surface area contributed by atoms with Gasteiger partial charge in [-0.2, -0.15) is 0 Å². The van der Waals surface area contributed by atoms with Crippen molar-refractivity contribution in [3.8, 4) is 0 Å². The molecule has 4 heteroatoms. The number of rotatable bonds is 5.